The van der Waals surface area contributed by atoms with Crippen LogP contribution in [0.5, 0.6) is 0 Å². The molecule has 0 aromatic carbocycles. The highest BCUT2D eigenvalue weighted by atomic mass is 32.1. The Balaban J connectivity index is 3.02. The van der Waals surface area contributed by atoms with Gasteiger partial charge in [-0.2, -0.15) is 0 Å². The van der Waals surface area contributed by atoms with Crippen molar-refractivity contribution >= 4 is 40.9 Å². The lowest BCUT2D eigenvalue weighted by atomic mass is 10.2. The molecule has 2 amide bonds. The predicted molar refractivity (Wildman–Crippen MR) is 117 cm³/mol. The van der Waals surface area contributed by atoms with Crippen LogP contribution in [0.15, 0.2) is 5.38 Å². The summed E-state index contributed by atoms with van der Waals surface area (Å²) in [5.74, 6) is 5.48. The number of anilines is 2. The molecule has 166 valence electrons. The quantitative estimate of drug-likeness (QED) is 0.375. The molecular formula is C21H30N2O6S. The van der Waals surface area contributed by atoms with E-state index < -0.39 is 23.4 Å². The second kappa shape index (κ2) is 10.9. The summed E-state index contributed by atoms with van der Waals surface area (Å²) in [5, 5.41) is 6.90. The molecular weight excluding hydrogens is 408 g/mol. The van der Waals surface area contributed by atoms with Gasteiger partial charge in [0.25, 0.3) is 0 Å². The summed E-state index contributed by atoms with van der Waals surface area (Å²) in [6.45, 7) is 12.5. The van der Waals surface area contributed by atoms with Gasteiger partial charge in [-0.3, -0.25) is 15.4 Å². The number of ether oxygens (including phenoxy) is 3. The van der Waals surface area contributed by atoms with E-state index in [1.165, 1.54) is 11.3 Å². The summed E-state index contributed by atoms with van der Waals surface area (Å²) in [6.07, 6.45) is -0.862. The highest BCUT2D eigenvalue weighted by molar-refractivity contribution is 7.11. The Morgan fingerprint density at radius 3 is 2.10 bits per heavy atom. The van der Waals surface area contributed by atoms with Gasteiger partial charge in [-0.1, -0.05) is 11.8 Å². The minimum Gasteiger partial charge on any atom is -0.466 e. The number of esters is 1. The fourth-order valence-corrected chi connectivity index (χ4v) is 2.85. The number of nitrogens with one attached hydrogen (secondary N) is 2. The molecule has 9 heteroatoms. The van der Waals surface area contributed by atoms with Crippen LogP contribution in [-0.2, 0) is 19.0 Å². The first kappa shape index (κ1) is 25.3. The molecule has 1 heterocycles. The molecule has 30 heavy (non-hydrogen) atoms. The van der Waals surface area contributed by atoms with E-state index in [0.29, 0.717) is 29.3 Å². The molecule has 0 unspecified atom stereocenters. The fraction of sp³-hybridized carbons (Fsp3) is 0.571. The molecule has 1 aromatic heterocycles. The standard InChI is InChI=1S/C21H30N2O6S/c1-8-27-16(24)12-10-9-11-15-17(23-19(26)29-21(5,6)7)14(13-30-15)22-18(25)28-20(2,3)4/h13H,8,10,12H2,1-7H3,(H,22,25)(H,23,26). The summed E-state index contributed by atoms with van der Waals surface area (Å²) in [6, 6.07) is 0. The van der Waals surface area contributed by atoms with Crippen molar-refractivity contribution in [3.05, 3.63) is 10.3 Å². The number of carbonyl (C=O) groups is 3. The van der Waals surface area contributed by atoms with Crippen molar-refractivity contribution in [2.75, 3.05) is 17.2 Å². The Morgan fingerprint density at radius 1 is 1.00 bits per heavy atom. The van der Waals surface area contributed by atoms with Crippen molar-refractivity contribution in [2.45, 2.75) is 72.5 Å². The van der Waals surface area contributed by atoms with Crippen LogP contribution < -0.4 is 10.6 Å². The lowest BCUT2D eigenvalue weighted by molar-refractivity contribution is -0.142. The van der Waals surface area contributed by atoms with Gasteiger partial charge in [0.2, 0.25) is 0 Å². The molecule has 0 radical (unpaired) electrons. The second-order valence-electron chi connectivity index (χ2n) is 8.21. The molecule has 0 bridgehead atoms. The van der Waals surface area contributed by atoms with Gasteiger partial charge in [-0.15, -0.1) is 11.3 Å². The number of carbonyl (C=O) groups excluding carboxylic acids is 3. The summed E-state index contributed by atoms with van der Waals surface area (Å²) in [7, 11) is 0. The molecule has 0 aliphatic rings. The third-order valence-electron chi connectivity index (χ3n) is 3.01. The summed E-state index contributed by atoms with van der Waals surface area (Å²) in [4.78, 5) is 36.3. The first-order valence-corrected chi connectivity index (χ1v) is 10.4. The van der Waals surface area contributed by atoms with Crippen molar-refractivity contribution in [2.24, 2.45) is 0 Å². The van der Waals surface area contributed by atoms with E-state index in [-0.39, 0.29) is 12.4 Å². The highest BCUT2D eigenvalue weighted by Crippen LogP contribution is 2.33. The van der Waals surface area contributed by atoms with Crippen LogP contribution in [0.4, 0.5) is 21.0 Å². The van der Waals surface area contributed by atoms with Crippen molar-refractivity contribution in [3.63, 3.8) is 0 Å². The first-order valence-electron chi connectivity index (χ1n) is 9.56. The lowest BCUT2D eigenvalue weighted by Gasteiger charge is -2.21. The maximum atomic E-state index is 12.3. The SMILES string of the molecule is CCOC(=O)CCC#Cc1scc(NC(=O)OC(C)(C)C)c1NC(=O)OC(C)(C)C. The Kier molecular flexibility index (Phi) is 9.18. The number of rotatable bonds is 5. The number of hydrogen-bond donors (Lipinski definition) is 2. The van der Waals surface area contributed by atoms with Gasteiger partial charge >= 0.3 is 18.2 Å². The Labute approximate surface area is 181 Å². The molecule has 1 rings (SSSR count). The largest absolute Gasteiger partial charge is 0.466 e. The minimum absolute atomic E-state index is 0.171. The molecule has 1 aromatic rings. The predicted octanol–water partition coefficient (Wildman–Crippen LogP) is 5.14. The fourth-order valence-electron chi connectivity index (χ4n) is 2.03. The van der Waals surface area contributed by atoms with Gasteiger partial charge in [0, 0.05) is 11.8 Å². The molecule has 0 saturated carbocycles. The molecule has 0 fully saturated rings. The Bertz CT molecular complexity index is 821. The average Bonchev–Trinajstić information content (AvgIpc) is 2.90. The summed E-state index contributed by atoms with van der Waals surface area (Å²) < 4.78 is 15.4. The van der Waals surface area contributed by atoms with E-state index >= 15 is 0 Å². The summed E-state index contributed by atoms with van der Waals surface area (Å²) in [5.41, 5.74) is -0.711. The zero-order chi connectivity index (χ0) is 22.9. The van der Waals surface area contributed by atoms with Crippen LogP contribution in [-0.4, -0.2) is 36.0 Å². The second-order valence-corrected chi connectivity index (χ2v) is 9.09. The zero-order valence-corrected chi connectivity index (χ0v) is 19.4. The maximum absolute atomic E-state index is 12.3. The van der Waals surface area contributed by atoms with Crippen molar-refractivity contribution in [1.29, 1.82) is 0 Å². The Morgan fingerprint density at radius 2 is 1.57 bits per heavy atom. The minimum atomic E-state index is -0.690. The van der Waals surface area contributed by atoms with Crippen LogP contribution in [0.1, 0.15) is 66.2 Å². The topological polar surface area (TPSA) is 103 Å². The molecule has 0 saturated heterocycles. The van der Waals surface area contributed by atoms with Crippen molar-refractivity contribution in [1.82, 2.24) is 0 Å². The van der Waals surface area contributed by atoms with Gasteiger partial charge in [0.05, 0.1) is 24.4 Å². The first-order chi connectivity index (χ1) is 13.8. The van der Waals surface area contributed by atoms with Crippen LogP contribution in [0.3, 0.4) is 0 Å². The van der Waals surface area contributed by atoms with E-state index in [4.69, 9.17) is 14.2 Å². The van der Waals surface area contributed by atoms with Crippen molar-refractivity contribution < 1.29 is 28.6 Å². The molecule has 0 aliphatic heterocycles. The molecule has 0 aliphatic carbocycles. The highest BCUT2D eigenvalue weighted by Gasteiger charge is 2.22. The van der Waals surface area contributed by atoms with E-state index in [0.717, 1.165) is 0 Å². The van der Waals surface area contributed by atoms with Gasteiger partial charge in [-0.05, 0) is 48.5 Å². The van der Waals surface area contributed by atoms with Crippen LogP contribution in [0.25, 0.3) is 0 Å². The zero-order valence-electron chi connectivity index (χ0n) is 18.6. The summed E-state index contributed by atoms with van der Waals surface area (Å²) >= 11 is 1.23. The number of hydrogen-bond acceptors (Lipinski definition) is 7. The third kappa shape index (κ3) is 10.2. The van der Waals surface area contributed by atoms with Gasteiger partial charge in [0.15, 0.2) is 0 Å². The van der Waals surface area contributed by atoms with Gasteiger partial charge < -0.3 is 14.2 Å². The van der Waals surface area contributed by atoms with Gasteiger partial charge in [0.1, 0.15) is 16.1 Å². The van der Waals surface area contributed by atoms with Crippen LogP contribution >= 0.6 is 11.3 Å². The van der Waals surface area contributed by atoms with Crippen LogP contribution in [0.2, 0.25) is 0 Å². The molecule has 0 spiro atoms. The van der Waals surface area contributed by atoms with E-state index in [9.17, 15) is 14.4 Å². The third-order valence-corrected chi connectivity index (χ3v) is 3.91. The molecule has 0 atom stereocenters. The monoisotopic (exact) mass is 438 g/mol. The smallest absolute Gasteiger partial charge is 0.412 e. The maximum Gasteiger partial charge on any atom is 0.412 e. The Hall–Kier alpha value is -2.73. The van der Waals surface area contributed by atoms with E-state index in [1.54, 1.807) is 53.8 Å². The van der Waals surface area contributed by atoms with E-state index in [2.05, 4.69) is 22.5 Å². The van der Waals surface area contributed by atoms with Gasteiger partial charge in [-0.25, -0.2) is 9.59 Å². The number of thiophene rings is 1. The molecule has 8 nitrogen and oxygen atoms in total. The van der Waals surface area contributed by atoms with Crippen molar-refractivity contribution in [3.8, 4) is 11.8 Å². The molecule has 2 N–H and O–H groups in total. The number of amides is 2. The lowest BCUT2D eigenvalue weighted by Crippen LogP contribution is -2.29. The average molecular weight is 439 g/mol. The van der Waals surface area contributed by atoms with E-state index in [1.807, 2.05) is 0 Å². The normalized spacial score (nSPS) is 11.0. The van der Waals surface area contributed by atoms with Crippen LogP contribution in [0, 0.1) is 11.8 Å².